The van der Waals surface area contributed by atoms with Crippen molar-refractivity contribution in [2.75, 3.05) is 7.11 Å². The molecule has 3 aromatic heterocycles. The zero-order valence-electron chi connectivity index (χ0n) is 9.51. The van der Waals surface area contributed by atoms with Crippen molar-refractivity contribution in [1.29, 1.82) is 0 Å². The molecule has 0 saturated heterocycles. The molecule has 0 saturated carbocycles. The molecule has 0 spiro atoms. The van der Waals surface area contributed by atoms with Gasteiger partial charge in [-0.15, -0.1) is 0 Å². The Kier molecular flexibility index (Phi) is 2.86. The van der Waals surface area contributed by atoms with Crippen molar-refractivity contribution in [2.24, 2.45) is 0 Å². The average molecular weight is 352 g/mol. The number of hydrogen-bond acceptors (Lipinski definition) is 4. The fraction of sp³-hybridized carbons (Fsp3) is 0.0833. The van der Waals surface area contributed by atoms with Crippen molar-refractivity contribution < 1.29 is 4.74 Å². The smallest absolute Gasteiger partial charge is 0.225 e. The standard InChI is InChI=1S/C12H9IN4O/c1-18-12-10(7(13)2-5-15-12)11-16-8-3-4-14-6-9(8)17-11/h2-6H,1H3,(H,16,17). The first-order valence-corrected chi connectivity index (χ1v) is 6.36. The number of fused-ring (bicyclic) bond motifs is 1. The number of aromatic amines is 1. The van der Waals surface area contributed by atoms with Crippen LogP contribution in [0.25, 0.3) is 22.4 Å². The summed E-state index contributed by atoms with van der Waals surface area (Å²) in [4.78, 5) is 16.0. The minimum atomic E-state index is 0.564. The lowest BCUT2D eigenvalue weighted by molar-refractivity contribution is 0.399. The fourth-order valence-electron chi connectivity index (χ4n) is 1.76. The van der Waals surface area contributed by atoms with Gasteiger partial charge in [-0.05, 0) is 34.7 Å². The zero-order valence-corrected chi connectivity index (χ0v) is 11.7. The lowest BCUT2D eigenvalue weighted by Gasteiger charge is -2.06. The van der Waals surface area contributed by atoms with Crippen LogP contribution >= 0.6 is 22.6 Å². The monoisotopic (exact) mass is 352 g/mol. The molecule has 0 atom stereocenters. The third-order valence-electron chi connectivity index (χ3n) is 2.58. The Labute approximate surface area is 117 Å². The lowest BCUT2D eigenvalue weighted by atomic mass is 10.2. The number of H-pyrrole nitrogens is 1. The Bertz CT molecular complexity index is 677. The summed E-state index contributed by atoms with van der Waals surface area (Å²) in [7, 11) is 1.60. The molecular weight excluding hydrogens is 343 g/mol. The van der Waals surface area contributed by atoms with E-state index in [0.29, 0.717) is 5.88 Å². The summed E-state index contributed by atoms with van der Waals surface area (Å²) in [5.74, 6) is 1.31. The molecule has 0 aromatic carbocycles. The van der Waals surface area contributed by atoms with Gasteiger partial charge in [0.05, 0.1) is 29.9 Å². The highest BCUT2D eigenvalue weighted by atomic mass is 127. The van der Waals surface area contributed by atoms with Crippen LogP contribution in [0.2, 0.25) is 0 Å². The normalized spacial score (nSPS) is 10.8. The van der Waals surface area contributed by atoms with Crippen LogP contribution in [-0.2, 0) is 0 Å². The minimum absolute atomic E-state index is 0.564. The van der Waals surface area contributed by atoms with E-state index in [9.17, 15) is 0 Å². The van der Waals surface area contributed by atoms with Gasteiger partial charge in [0, 0.05) is 16.0 Å². The molecule has 0 aliphatic heterocycles. The maximum atomic E-state index is 5.29. The second-order valence-electron chi connectivity index (χ2n) is 3.66. The summed E-state index contributed by atoms with van der Waals surface area (Å²) in [5.41, 5.74) is 2.65. The predicted octanol–water partition coefficient (Wildman–Crippen LogP) is 2.63. The summed E-state index contributed by atoms with van der Waals surface area (Å²) in [5, 5.41) is 0. The van der Waals surface area contributed by atoms with E-state index in [-0.39, 0.29) is 0 Å². The third kappa shape index (κ3) is 1.82. The van der Waals surface area contributed by atoms with Gasteiger partial charge in [-0.2, -0.15) is 0 Å². The van der Waals surface area contributed by atoms with E-state index in [1.807, 2.05) is 12.1 Å². The number of rotatable bonds is 2. The maximum Gasteiger partial charge on any atom is 0.225 e. The van der Waals surface area contributed by atoms with Crippen molar-refractivity contribution in [3.63, 3.8) is 0 Å². The van der Waals surface area contributed by atoms with Gasteiger partial charge in [-0.25, -0.2) is 9.97 Å². The van der Waals surface area contributed by atoms with E-state index < -0.39 is 0 Å². The minimum Gasteiger partial charge on any atom is -0.480 e. The van der Waals surface area contributed by atoms with E-state index in [1.165, 1.54) is 0 Å². The van der Waals surface area contributed by atoms with Crippen molar-refractivity contribution in [3.8, 4) is 17.3 Å². The Hall–Kier alpha value is -1.70. The number of aromatic nitrogens is 4. The number of nitrogens with zero attached hydrogens (tertiary/aromatic N) is 3. The molecule has 0 aliphatic carbocycles. The van der Waals surface area contributed by atoms with Gasteiger partial charge in [0.25, 0.3) is 0 Å². The number of ether oxygens (including phenoxy) is 1. The highest BCUT2D eigenvalue weighted by Gasteiger charge is 2.15. The Morgan fingerprint density at radius 3 is 2.94 bits per heavy atom. The molecular formula is C12H9IN4O. The summed E-state index contributed by atoms with van der Waals surface area (Å²) >= 11 is 2.24. The van der Waals surface area contributed by atoms with Gasteiger partial charge in [0.1, 0.15) is 5.82 Å². The summed E-state index contributed by atoms with van der Waals surface area (Å²) < 4.78 is 6.32. The van der Waals surface area contributed by atoms with Gasteiger partial charge < -0.3 is 9.72 Å². The van der Waals surface area contributed by atoms with Gasteiger partial charge in [-0.1, -0.05) is 0 Å². The van der Waals surface area contributed by atoms with Crippen molar-refractivity contribution in [3.05, 3.63) is 34.3 Å². The summed E-state index contributed by atoms with van der Waals surface area (Å²) in [6.45, 7) is 0. The first-order valence-electron chi connectivity index (χ1n) is 5.28. The lowest BCUT2D eigenvalue weighted by Crippen LogP contribution is -1.94. The zero-order chi connectivity index (χ0) is 12.5. The van der Waals surface area contributed by atoms with Gasteiger partial charge in [-0.3, -0.25) is 4.98 Å². The second-order valence-corrected chi connectivity index (χ2v) is 4.82. The molecule has 3 heterocycles. The number of imidazole rings is 1. The number of hydrogen-bond donors (Lipinski definition) is 1. The van der Waals surface area contributed by atoms with E-state index in [0.717, 1.165) is 26.0 Å². The molecule has 0 fully saturated rings. The number of nitrogens with one attached hydrogen (secondary N) is 1. The van der Waals surface area contributed by atoms with Crippen LogP contribution in [0.4, 0.5) is 0 Å². The van der Waals surface area contributed by atoms with Crippen LogP contribution in [0.3, 0.4) is 0 Å². The predicted molar refractivity (Wildman–Crippen MR) is 76.4 cm³/mol. The summed E-state index contributed by atoms with van der Waals surface area (Å²) in [6.07, 6.45) is 5.19. The Balaban J connectivity index is 2.25. The largest absolute Gasteiger partial charge is 0.480 e. The van der Waals surface area contributed by atoms with Crippen molar-refractivity contribution in [2.45, 2.75) is 0 Å². The third-order valence-corrected chi connectivity index (χ3v) is 3.48. The van der Waals surface area contributed by atoms with Crippen LogP contribution in [0.1, 0.15) is 0 Å². The SMILES string of the molecule is COc1nccc(I)c1-c1nc2ccncc2[nH]1. The van der Waals surface area contributed by atoms with E-state index >= 15 is 0 Å². The number of methoxy groups -OCH3 is 1. The Morgan fingerprint density at radius 2 is 2.17 bits per heavy atom. The molecule has 1 N–H and O–H groups in total. The highest BCUT2D eigenvalue weighted by Crippen LogP contribution is 2.31. The summed E-state index contributed by atoms with van der Waals surface area (Å²) in [6, 6.07) is 3.79. The number of pyridine rings is 2. The molecule has 0 radical (unpaired) electrons. The first-order chi connectivity index (χ1) is 8.79. The first kappa shape index (κ1) is 11.4. The van der Waals surface area contributed by atoms with E-state index in [4.69, 9.17) is 4.74 Å². The molecule has 90 valence electrons. The topological polar surface area (TPSA) is 63.7 Å². The molecule has 6 heteroatoms. The molecule has 18 heavy (non-hydrogen) atoms. The molecule has 0 bridgehead atoms. The quantitative estimate of drug-likeness (QED) is 0.721. The number of halogens is 1. The van der Waals surface area contributed by atoms with E-state index in [1.54, 1.807) is 25.7 Å². The highest BCUT2D eigenvalue weighted by molar-refractivity contribution is 14.1. The van der Waals surface area contributed by atoms with Crippen LogP contribution in [0.5, 0.6) is 5.88 Å². The molecule has 0 aliphatic rings. The average Bonchev–Trinajstić information content (AvgIpc) is 2.81. The molecule has 0 unspecified atom stereocenters. The molecule has 3 aromatic rings. The van der Waals surface area contributed by atoms with E-state index in [2.05, 4.69) is 42.5 Å². The van der Waals surface area contributed by atoms with Crippen molar-refractivity contribution >= 4 is 33.6 Å². The van der Waals surface area contributed by atoms with Crippen LogP contribution in [0, 0.1) is 3.57 Å². The fourth-order valence-corrected chi connectivity index (χ4v) is 2.41. The maximum absolute atomic E-state index is 5.29. The molecule has 5 nitrogen and oxygen atoms in total. The second kappa shape index (κ2) is 4.52. The molecule has 3 rings (SSSR count). The van der Waals surface area contributed by atoms with Crippen LogP contribution in [0.15, 0.2) is 30.7 Å². The Morgan fingerprint density at radius 1 is 1.28 bits per heavy atom. The molecule has 0 amide bonds. The van der Waals surface area contributed by atoms with Crippen molar-refractivity contribution in [1.82, 2.24) is 19.9 Å². The van der Waals surface area contributed by atoms with Gasteiger partial charge in [0.15, 0.2) is 0 Å². The van der Waals surface area contributed by atoms with Gasteiger partial charge in [0.2, 0.25) is 5.88 Å². The van der Waals surface area contributed by atoms with Gasteiger partial charge >= 0.3 is 0 Å². The van der Waals surface area contributed by atoms with Crippen LogP contribution in [-0.4, -0.2) is 27.0 Å². The van der Waals surface area contributed by atoms with Crippen LogP contribution < -0.4 is 4.74 Å².